The van der Waals surface area contributed by atoms with E-state index in [-0.39, 0.29) is 46.6 Å². The number of nitrogens with zero attached hydrogens (tertiary/aromatic N) is 2. The van der Waals surface area contributed by atoms with E-state index in [0.717, 1.165) is 12.8 Å². The summed E-state index contributed by atoms with van der Waals surface area (Å²) in [7, 11) is 0. The second-order valence-corrected chi connectivity index (χ2v) is 7.01. The summed E-state index contributed by atoms with van der Waals surface area (Å²) in [5.41, 5.74) is 0.364. The molecule has 2 amide bonds. The van der Waals surface area contributed by atoms with Gasteiger partial charge in [-0.3, -0.25) is 19.7 Å². The second-order valence-electron chi connectivity index (χ2n) is 7.01. The van der Waals surface area contributed by atoms with Crippen LogP contribution in [-0.4, -0.2) is 16.7 Å². The molecule has 6 nitrogen and oxygen atoms in total. The van der Waals surface area contributed by atoms with Crippen LogP contribution in [0.1, 0.15) is 12.8 Å². The van der Waals surface area contributed by atoms with Crippen LogP contribution in [0.5, 0.6) is 0 Å². The number of amides is 2. The van der Waals surface area contributed by atoms with Gasteiger partial charge < -0.3 is 0 Å². The Morgan fingerprint density at radius 1 is 1.09 bits per heavy atom. The number of anilines is 1. The minimum Gasteiger partial charge on any atom is -0.274 e. The molecule has 23 heavy (non-hydrogen) atoms. The third kappa shape index (κ3) is 1.39. The van der Waals surface area contributed by atoms with Gasteiger partial charge in [0.15, 0.2) is 0 Å². The standard InChI is InChI=1S/C17H14N2O4/c20-15-13-11-4-5-12(17(11)6-7-17)14(13)16(21)18(15)9-2-1-3-10(8-9)19(22)23/h1-5,8,11-14H,6-7H2/t11-,12-,13-,14+/m1/s1. The van der Waals surface area contributed by atoms with Crippen LogP contribution in [0, 0.1) is 39.2 Å². The molecule has 0 unspecified atom stereocenters. The van der Waals surface area contributed by atoms with E-state index in [4.69, 9.17) is 0 Å². The molecule has 5 rings (SSSR count). The van der Waals surface area contributed by atoms with E-state index in [1.54, 1.807) is 6.07 Å². The van der Waals surface area contributed by atoms with E-state index in [2.05, 4.69) is 12.2 Å². The molecule has 1 spiro atoms. The molecule has 1 heterocycles. The summed E-state index contributed by atoms with van der Waals surface area (Å²) < 4.78 is 0. The lowest BCUT2D eigenvalue weighted by Crippen LogP contribution is -2.34. The zero-order chi connectivity index (χ0) is 15.9. The number of allylic oxidation sites excluding steroid dienone is 2. The summed E-state index contributed by atoms with van der Waals surface area (Å²) in [6, 6.07) is 5.77. The SMILES string of the molecule is O=C1[C@@H]2[C@H](C(=O)N1c1cccc([N+](=O)[O-])c1)[C@H]1C=C[C@H]2C12CC2. The van der Waals surface area contributed by atoms with Crippen LogP contribution in [0.2, 0.25) is 0 Å². The predicted molar refractivity (Wildman–Crippen MR) is 80.4 cm³/mol. The molecule has 116 valence electrons. The average molecular weight is 310 g/mol. The fourth-order valence-electron chi connectivity index (χ4n) is 5.08. The fraction of sp³-hybridized carbons (Fsp3) is 0.412. The first-order valence-corrected chi connectivity index (χ1v) is 7.85. The van der Waals surface area contributed by atoms with Crippen molar-refractivity contribution >= 4 is 23.2 Å². The number of nitro groups is 1. The molecule has 0 radical (unpaired) electrons. The van der Waals surface area contributed by atoms with Crippen LogP contribution in [0.15, 0.2) is 36.4 Å². The van der Waals surface area contributed by atoms with Crippen molar-refractivity contribution in [3.05, 3.63) is 46.5 Å². The first-order chi connectivity index (χ1) is 11.0. The van der Waals surface area contributed by atoms with E-state index in [9.17, 15) is 19.7 Å². The smallest absolute Gasteiger partial charge is 0.271 e. The molecule has 2 bridgehead atoms. The van der Waals surface area contributed by atoms with E-state index < -0.39 is 4.92 Å². The largest absolute Gasteiger partial charge is 0.274 e. The van der Waals surface area contributed by atoms with E-state index in [0.29, 0.717) is 5.69 Å². The summed E-state index contributed by atoms with van der Waals surface area (Å²) in [5.74, 6) is -0.610. The number of fused-ring (bicyclic) bond motifs is 3. The van der Waals surface area contributed by atoms with Crippen LogP contribution in [-0.2, 0) is 9.59 Å². The maximum absolute atomic E-state index is 12.9. The molecule has 3 fully saturated rings. The number of nitro benzene ring substituents is 1. The van der Waals surface area contributed by atoms with Crippen molar-refractivity contribution in [2.75, 3.05) is 4.90 Å². The highest BCUT2D eigenvalue weighted by atomic mass is 16.6. The van der Waals surface area contributed by atoms with Crippen molar-refractivity contribution in [3.8, 4) is 0 Å². The van der Waals surface area contributed by atoms with Gasteiger partial charge in [0, 0.05) is 12.1 Å². The van der Waals surface area contributed by atoms with Crippen LogP contribution in [0.3, 0.4) is 0 Å². The van der Waals surface area contributed by atoms with Crippen molar-refractivity contribution in [2.45, 2.75) is 12.8 Å². The number of rotatable bonds is 2. The second kappa shape index (κ2) is 3.88. The number of carbonyl (C=O) groups is 2. The van der Waals surface area contributed by atoms with Crippen molar-refractivity contribution < 1.29 is 14.5 Å². The molecule has 0 aromatic heterocycles. The Balaban J connectivity index is 1.56. The van der Waals surface area contributed by atoms with E-state index >= 15 is 0 Å². The molecule has 4 atom stereocenters. The zero-order valence-electron chi connectivity index (χ0n) is 12.2. The Morgan fingerprint density at radius 3 is 2.22 bits per heavy atom. The van der Waals surface area contributed by atoms with Crippen molar-refractivity contribution in [2.24, 2.45) is 29.1 Å². The van der Waals surface area contributed by atoms with Crippen molar-refractivity contribution in [1.82, 2.24) is 0 Å². The lowest BCUT2D eigenvalue weighted by molar-refractivity contribution is -0.384. The van der Waals surface area contributed by atoms with Crippen LogP contribution >= 0.6 is 0 Å². The average Bonchev–Trinajstić information content (AvgIpc) is 3.13. The van der Waals surface area contributed by atoms with Gasteiger partial charge in [0.25, 0.3) is 5.69 Å². The first kappa shape index (κ1) is 13.0. The van der Waals surface area contributed by atoms with Gasteiger partial charge in [0.2, 0.25) is 11.8 Å². The fourth-order valence-corrected chi connectivity index (χ4v) is 5.08. The summed E-state index contributed by atoms with van der Waals surface area (Å²) in [6.07, 6.45) is 6.42. The maximum Gasteiger partial charge on any atom is 0.271 e. The first-order valence-electron chi connectivity index (χ1n) is 7.85. The Hall–Kier alpha value is -2.50. The van der Waals surface area contributed by atoms with Crippen molar-refractivity contribution in [1.29, 1.82) is 0 Å². The highest BCUT2D eigenvalue weighted by molar-refractivity contribution is 6.23. The number of carbonyl (C=O) groups excluding carboxylic acids is 2. The van der Waals surface area contributed by atoms with Crippen LogP contribution in [0.25, 0.3) is 0 Å². The van der Waals surface area contributed by atoms with E-state index in [1.165, 1.54) is 23.1 Å². The van der Waals surface area contributed by atoms with Gasteiger partial charge in [-0.2, -0.15) is 0 Å². The molecule has 1 aromatic rings. The third-order valence-corrected chi connectivity index (χ3v) is 6.15. The predicted octanol–water partition coefficient (Wildman–Crippen LogP) is 2.30. The molecule has 1 aliphatic heterocycles. The van der Waals surface area contributed by atoms with Gasteiger partial charge >= 0.3 is 0 Å². The molecule has 1 saturated heterocycles. The molecular weight excluding hydrogens is 296 g/mol. The van der Waals surface area contributed by atoms with Crippen LogP contribution < -0.4 is 4.90 Å². The highest BCUT2D eigenvalue weighted by Gasteiger charge is 2.73. The number of hydrogen-bond donors (Lipinski definition) is 0. The summed E-state index contributed by atoms with van der Waals surface area (Å²) >= 11 is 0. The molecule has 1 aromatic carbocycles. The quantitative estimate of drug-likeness (QED) is 0.363. The number of imide groups is 1. The Bertz CT molecular complexity index is 777. The topological polar surface area (TPSA) is 80.5 Å². The van der Waals surface area contributed by atoms with Crippen LogP contribution in [0.4, 0.5) is 11.4 Å². The lowest BCUT2D eigenvalue weighted by atomic mass is 9.85. The summed E-state index contributed by atoms with van der Waals surface area (Å²) in [5, 5.41) is 10.9. The monoisotopic (exact) mass is 310 g/mol. The molecule has 6 heteroatoms. The maximum atomic E-state index is 12.9. The molecular formula is C17H14N2O4. The molecule has 0 N–H and O–H groups in total. The van der Waals surface area contributed by atoms with Gasteiger partial charge in [-0.1, -0.05) is 18.2 Å². The number of non-ortho nitro benzene ring substituents is 1. The summed E-state index contributed by atoms with van der Waals surface area (Å²) in [6.45, 7) is 0. The van der Waals surface area contributed by atoms with Crippen molar-refractivity contribution in [3.63, 3.8) is 0 Å². The summed E-state index contributed by atoms with van der Waals surface area (Å²) in [4.78, 5) is 37.4. The van der Waals surface area contributed by atoms with Gasteiger partial charge in [0.1, 0.15) is 0 Å². The lowest BCUT2D eigenvalue weighted by Gasteiger charge is -2.21. The Labute approximate surface area is 131 Å². The molecule has 4 aliphatic rings. The van der Waals surface area contributed by atoms with Gasteiger partial charge in [-0.25, -0.2) is 4.90 Å². The van der Waals surface area contributed by atoms with Gasteiger partial charge in [-0.15, -0.1) is 0 Å². The molecule has 2 saturated carbocycles. The minimum atomic E-state index is -0.514. The highest BCUT2D eigenvalue weighted by Crippen LogP contribution is 2.73. The Morgan fingerprint density at radius 2 is 1.70 bits per heavy atom. The minimum absolute atomic E-state index is 0.111. The zero-order valence-corrected chi connectivity index (χ0v) is 12.2. The molecule has 3 aliphatic carbocycles. The van der Waals surface area contributed by atoms with Gasteiger partial charge in [0.05, 0.1) is 22.4 Å². The Kier molecular flexibility index (Phi) is 2.19. The third-order valence-electron chi connectivity index (χ3n) is 6.15. The van der Waals surface area contributed by atoms with Gasteiger partial charge in [-0.05, 0) is 36.2 Å². The normalized spacial score (nSPS) is 35.2. The van der Waals surface area contributed by atoms with E-state index in [1.807, 2.05) is 0 Å². The number of benzene rings is 1. The number of hydrogen-bond acceptors (Lipinski definition) is 4.